The summed E-state index contributed by atoms with van der Waals surface area (Å²) < 4.78 is 18.5. The molecule has 0 aliphatic carbocycles. The smallest absolute Gasteiger partial charge is 0.270 e. The first-order valence-corrected chi connectivity index (χ1v) is 9.48. The molecular weight excluding hydrogens is 403 g/mol. The van der Waals surface area contributed by atoms with E-state index in [1.807, 2.05) is 0 Å². The largest absolute Gasteiger partial charge is 0.494 e. The van der Waals surface area contributed by atoms with Gasteiger partial charge < -0.3 is 14.9 Å². The molecule has 1 atom stereocenters. The first-order valence-electron chi connectivity index (χ1n) is 9.48. The van der Waals surface area contributed by atoms with Crippen LogP contribution in [-0.2, 0) is 11.4 Å². The Morgan fingerprint density at radius 1 is 1.32 bits per heavy atom. The molecule has 1 aliphatic heterocycles. The topological polar surface area (TPSA) is 111 Å². The fourth-order valence-electron chi connectivity index (χ4n) is 3.08. The highest BCUT2D eigenvalue weighted by Gasteiger charge is 2.27. The SMILES string of the molecule is COc1cc(CNC(=O)c2cc(C3=NOC(c4cnccn4)C3)nc(C)n2)ccc1F.[HH]. The van der Waals surface area contributed by atoms with Gasteiger partial charge in [-0.15, -0.1) is 0 Å². The van der Waals surface area contributed by atoms with Gasteiger partial charge in [-0.1, -0.05) is 11.2 Å². The summed E-state index contributed by atoms with van der Waals surface area (Å²) in [4.78, 5) is 35.0. The van der Waals surface area contributed by atoms with Crippen LogP contribution >= 0.6 is 0 Å². The number of nitrogens with zero attached hydrogens (tertiary/aromatic N) is 5. The van der Waals surface area contributed by atoms with Gasteiger partial charge in [0.05, 0.1) is 19.0 Å². The number of aryl methyl sites for hydroxylation is 1. The van der Waals surface area contributed by atoms with Crippen molar-refractivity contribution in [3.05, 3.63) is 77.1 Å². The van der Waals surface area contributed by atoms with Crippen molar-refractivity contribution < 1.29 is 20.2 Å². The van der Waals surface area contributed by atoms with Crippen molar-refractivity contribution in [2.75, 3.05) is 7.11 Å². The number of hydrogen-bond donors (Lipinski definition) is 1. The van der Waals surface area contributed by atoms with E-state index in [2.05, 4.69) is 30.4 Å². The number of benzene rings is 1. The Labute approximate surface area is 178 Å². The highest BCUT2D eigenvalue weighted by Crippen LogP contribution is 2.27. The summed E-state index contributed by atoms with van der Waals surface area (Å²) in [5, 5.41) is 6.87. The second-order valence-corrected chi connectivity index (χ2v) is 6.80. The normalized spacial score (nSPS) is 15.2. The van der Waals surface area contributed by atoms with Crippen LogP contribution in [0.2, 0.25) is 0 Å². The third-order valence-electron chi connectivity index (χ3n) is 4.62. The zero-order chi connectivity index (χ0) is 21.8. The molecule has 4 rings (SSSR count). The van der Waals surface area contributed by atoms with Crippen LogP contribution < -0.4 is 10.1 Å². The van der Waals surface area contributed by atoms with Crippen molar-refractivity contribution in [2.24, 2.45) is 5.16 Å². The van der Waals surface area contributed by atoms with Crippen LogP contribution in [0.4, 0.5) is 4.39 Å². The van der Waals surface area contributed by atoms with Crippen molar-refractivity contribution in [1.82, 2.24) is 25.3 Å². The maximum atomic E-state index is 13.5. The minimum Gasteiger partial charge on any atom is -0.494 e. The number of carbonyl (C=O) groups excluding carboxylic acids is 1. The zero-order valence-corrected chi connectivity index (χ0v) is 16.9. The number of oxime groups is 1. The molecule has 0 spiro atoms. The summed E-state index contributed by atoms with van der Waals surface area (Å²) in [7, 11) is 1.39. The summed E-state index contributed by atoms with van der Waals surface area (Å²) >= 11 is 0. The number of rotatable bonds is 6. The highest BCUT2D eigenvalue weighted by atomic mass is 19.1. The van der Waals surface area contributed by atoms with E-state index in [4.69, 9.17) is 9.57 Å². The van der Waals surface area contributed by atoms with Crippen molar-refractivity contribution >= 4 is 11.6 Å². The first kappa shape index (κ1) is 20.3. The summed E-state index contributed by atoms with van der Waals surface area (Å²) in [5.41, 5.74) is 2.66. The van der Waals surface area contributed by atoms with Crippen LogP contribution in [-0.4, -0.2) is 38.7 Å². The number of nitrogens with one attached hydrogen (secondary N) is 1. The number of halogens is 1. The standard InChI is InChI=1S/C21H19FN6O3.H2/c1-12-26-15(16-9-20(31-28-16)18-11-23-5-6-24-18)8-17(27-12)21(29)25-10-13-3-4-14(22)19(7-13)30-2;/h3-8,11,20H,9-10H2,1-2H3,(H,25,29);1H. The molecule has 1 aromatic carbocycles. The second kappa shape index (κ2) is 8.82. The summed E-state index contributed by atoms with van der Waals surface area (Å²) in [6.07, 6.45) is 4.89. The molecule has 160 valence electrons. The lowest BCUT2D eigenvalue weighted by Crippen LogP contribution is -2.25. The van der Waals surface area contributed by atoms with Gasteiger partial charge >= 0.3 is 0 Å². The third-order valence-corrected chi connectivity index (χ3v) is 4.62. The lowest BCUT2D eigenvalue weighted by atomic mass is 10.1. The zero-order valence-electron chi connectivity index (χ0n) is 16.9. The Hall–Kier alpha value is -3.95. The number of amides is 1. The van der Waals surface area contributed by atoms with Crippen molar-refractivity contribution in [3.63, 3.8) is 0 Å². The molecule has 1 N–H and O–H groups in total. The Balaban J connectivity index is 0.00000289. The number of aromatic nitrogens is 4. The fourth-order valence-corrected chi connectivity index (χ4v) is 3.08. The van der Waals surface area contributed by atoms with Crippen LogP contribution in [0.5, 0.6) is 5.75 Å². The minimum absolute atomic E-state index is 0. The summed E-state index contributed by atoms with van der Waals surface area (Å²) in [5.74, 6) is -0.311. The Kier molecular flexibility index (Phi) is 5.78. The maximum Gasteiger partial charge on any atom is 0.270 e. The Morgan fingerprint density at radius 2 is 2.19 bits per heavy atom. The molecule has 3 aromatic rings. The van der Waals surface area contributed by atoms with Crippen molar-refractivity contribution in [2.45, 2.75) is 26.0 Å². The van der Waals surface area contributed by atoms with E-state index in [0.29, 0.717) is 34.9 Å². The number of hydrogen-bond acceptors (Lipinski definition) is 8. The first-order chi connectivity index (χ1) is 15.0. The van der Waals surface area contributed by atoms with Crippen molar-refractivity contribution in [1.29, 1.82) is 0 Å². The molecule has 1 aliphatic rings. The van der Waals surface area contributed by atoms with E-state index < -0.39 is 5.82 Å². The van der Waals surface area contributed by atoms with Gasteiger partial charge in [0, 0.05) is 26.8 Å². The number of methoxy groups -OCH3 is 1. The number of ether oxygens (including phenoxy) is 1. The molecular formula is C21H21FN6O3. The molecule has 1 unspecified atom stereocenters. The molecule has 0 saturated heterocycles. The molecule has 0 saturated carbocycles. The molecule has 1 amide bonds. The lowest BCUT2D eigenvalue weighted by Gasteiger charge is -2.09. The van der Waals surface area contributed by atoms with Crippen LogP contribution in [0.1, 0.15) is 47.2 Å². The number of carbonyl (C=O) groups is 1. The molecule has 31 heavy (non-hydrogen) atoms. The summed E-state index contributed by atoms with van der Waals surface area (Å²) in [6.45, 7) is 1.88. The van der Waals surface area contributed by atoms with Crippen LogP contribution in [0, 0.1) is 12.7 Å². The average molecular weight is 424 g/mol. The fraction of sp³-hybridized carbons (Fsp3) is 0.238. The van der Waals surface area contributed by atoms with E-state index >= 15 is 0 Å². The van der Waals surface area contributed by atoms with Crippen LogP contribution in [0.25, 0.3) is 0 Å². The molecule has 0 fully saturated rings. The highest BCUT2D eigenvalue weighted by molar-refractivity contribution is 6.01. The lowest BCUT2D eigenvalue weighted by molar-refractivity contribution is 0.0823. The van der Waals surface area contributed by atoms with E-state index in [1.54, 1.807) is 37.6 Å². The van der Waals surface area contributed by atoms with Crippen molar-refractivity contribution in [3.8, 4) is 5.75 Å². The second-order valence-electron chi connectivity index (χ2n) is 6.80. The summed E-state index contributed by atoms with van der Waals surface area (Å²) in [6, 6.07) is 5.96. The monoisotopic (exact) mass is 424 g/mol. The van der Waals surface area contributed by atoms with Gasteiger partial charge in [0.1, 0.15) is 22.9 Å². The minimum atomic E-state index is -0.465. The van der Waals surface area contributed by atoms with Crippen LogP contribution in [0.15, 0.2) is 48.0 Å². The van der Waals surface area contributed by atoms with Gasteiger partial charge in [0.25, 0.3) is 5.91 Å². The Morgan fingerprint density at radius 3 is 2.97 bits per heavy atom. The van der Waals surface area contributed by atoms with E-state index in [9.17, 15) is 9.18 Å². The predicted octanol–water partition coefficient (Wildman–Crippen LogP) is 2.76. The molecule has 0 bridgehead atoms. The molecule has 0 radical (unpaired) electrons. The molecule has 9 nitrogen and oxygen atoms in total. The Bertz CT molecular complexity index is 1150. The predicted molar refractivity (Wildman–Crippen MR) is 110 cm³/mol. The quantitative estimate of drug-likeness (QED) is 0.648. The maximum absolute atomic E-state index is 13.5. The van der Waals surface area contributed by atoms with Crippen LogP contribution in [0.3, 0.4) is 0 Å². The molecule has 10 heteroatoms. The van der Waals surface area contributed by atoms with E-state index in [-0.39, 0.29) is 31.4 Å². The van der Waals surface area contributed by atoms with Gasteiger partial charge in [-0.3, -0.25) is 14.8 Å². The molecule has 3 heterocycles. The third kappa shape index (κ3) is 4.63. The average Bonchev–Trinajstić information content (AvgIpc) is 3.29. The van der Waals surface area contributed by atoms with Gasteiger partial charge in [-0.05, 0) is 30.7 Å². The van der Waals surface area contributed by atoms with E-state index in [1.165, 1.54) is 19.2 Å². The van der Waals surface area contributed by atoms with Gasteiger partial charge in [-0.25, -0.2) is 14.4 Å². The van der Waals surface area contributed by atoms with Gasteiger partial charge in [0.2, 0.25) is 0 Å². The van der Waals surface area contributed by atoms with Gasteiger partial charge in [-0.2, -0.15) is 0 Å². The van der Waals surface area contributed by atoms with E-state index in [0.717, 1.165) is 0 Å². The van der Waals surface area contributed by atoms with Gasteiger partial charge in [0.15, 0.2) is 17.7 Å². The molecule has 2 aromatic heterocycles.